The number of carbonyl (C=O) groups excluding carboxylic acids is 1. The van der Waals surface area contributed by atoms with Crippen molar-refractivity contribution in [3.05, 3.63) is 34.9 Å². The van der Waals surface area contributed by atoms with Crippen LogP contribution < -0.4 is 10.5 Å². The third kappa shape index (κ3) is 4.14. The standard InChI is InChI=1S/C13H16N2O5S/c1-7-4-5-10(6-11(7)21(14,19)20)15-12(16)8(2)9(3)13(17)18/h4-6H,1-3H3,(H,15,16)(H,17,18)(H2,14,19,20). The van der Waals surface area contributed by atoms with E-state index in [1.165, 1.54) is 32.0 Å². The van der Waals surface area contributed by atoms with Gasteiger partial charge in [0.15, 0.2) is 0 Å². The first-order valence-electron chi connectivity index (χ1n) is 5.89. The molecule has 1 aromatic carbocycles. The number of carbonyl (C=O) groups is 2. The Morgan fingerprint density at radius 1 is 1.19 bits per heavy atom. The van der Waals surface area contributed by atoms with Crippen LogP contribution in [0.1, 0.15) is 19.4 Å². The third-order valence-corrected chi connectivity index (χ3v) is 4.03. The van der Waals surface area contributed by atoms with Crippen molar-refractivity contribution in [3.63, 3.8) is 0 Å². The monoisotopic (exact) mass is 312 g/mol. The fourth-order valence-corrected chi connectivity index (χ4v) is 2.35. The summed E-state index contributed by atoms with van der Waals surface area (Å²) in [6.07, 6.45) is 0. The van der Waals surface area contributed by atoms with Gasteiger partial charge in [-0.1, -0.05) is 6.07 Å². The zero-order chi connectivity index (χ0) is 16.4. The maximum Gasteiger partial charge on any atom is 0.331 e. The second-order valence-corrected chi connectivity index (χ2v) is 6.06. The Kier molecular flexibility index (Phi) is 4.87. The Bertz CT molecular complexity index is 735. The zero-order valence-electron chi connectivity index (χ0n) is 11.8. The first kappa shape index (κ1) is 16.9. The second kappa shape index (κ2) is 6.06. The summed E-state index contributed by atoms with van der Waals surface area (Å²) in [5.41, 5.74) is 0.600. The van der Waals surface area contributed by atoms with Gasteiger partial charge in [0.05, 0.1) is 4.90 Å². The molecule has 0 spiro atoms. The fraction of sp³-hybridized carbons (Fsp3) is 0.231. The van der Waals surface area contributed by atoms with E-state index < -0.39 is 21.9 Å². The molecule has 0 fully saturated rings. The van der Waals surface area contributed by atoms with Crippen molar-refractivity contribution in [1.82, 2.24) is 0 Å². The molecule has 0 aliphatic carbocycles. The van der Waals surface area contributed by atoms with E-state index >= 15 is 0 Å². The average Bonchev–Trinajstić information content (AvgIpc) is 2.37. The van der Waals surface area contributed by atoms with Crippen LogP contribution in [0.5, 0.6) is 0 Å². The van der Waals surface area contributed by atoms with Crippen LogP contribution in [-0.2, 0) is 19.6 Å². The first-order valence-corrected chi connectivity index (χ1v) is 7.44. The first-order chi connectivity index (χ1) is 9.54. The number of primary sulfonamides is 1. The van der Waals surface area contributed by atoms with Gasteiger partial charge in [0.1, 0.15) is 0 Å². The normalized spacial score (nSPS) is 12.6. The molecule has 0 radical (unpaired) electrons. The van der Waals surface area contributed by atoms with Crippen molar-refractivity contribution < 1.29 is 23.1 Å². The highest BCUT2D eigenvalue weighted by molar-refractivity contribution is 7.89. The quantitative estimate of drug-likeness (QED) is 0.715. The number of carboxylic acids is 1. The molecule has 0 aliphatic heterocycles. The largest absolute Gasteiger partial charge is 0.478 e. The van der Waals surface area contributed by atoms with E-state index in [0.717, 1.165) is 0 Å². The number of anilines is 1. The predicted molar refractivity (Wildman–Crippen MR) is 77.2 cm³/mol. The van der Waals surface area contributed by atoms with E-state index in [2.05, 4.69) is 5.32 Å². The number of hydrogen-bond acceptors (Lipinski definition) is 4. The maximum atomic E-state index is 11.9. The summed E-state index contributed by atoms with van der Waals surface area (Å²) in [4.78, 5) is 22.6. The summed E-state index contributed by atoms with van der Waals surface area (Å²) >= 11 is 0. The van der Waals surface area contributed by atoms with E-state index in [0.29, 0.717) is 5.56 Å². The van der Waals surface area contributed by atoms with Crippen LogP contribution >= 0.6 is 0 Å². The number of benzene rings is 1. The van der Waals surface area contributed by atoms with E-state index in [4.69, 9.17) is 10.2 Å². The third-order valence-electron chi connectivity index (χ3n) is 2.98. The zero-order valence-corrected chi connectivity index (χ0v) is 12.6. The predicted octanol–water partition coefficient (Wildman–Crippen LogP) is 1.00. The molecule has 1 amide bonds. The molecule has 0 atom stereocenters. The van der Waals surface area contributed by atoms with Crippen molar-refractivity contribution in [3.8, 4) is 0 Å². The van der Waals surface area contributed by atoms with E-state index in [9.17, 15) is 18.0 Å². The number of nitrogens with one attached hydrogen (secondary N) is 1. The van der Waals surface area contributed by atoms with Crippen LogP contribution in [0.15, 0.2) is 34.2 Å². The molecule has 4 N–H and O–H groups in total. The van der Waals surface area contributed by atoms with Gasteiger partial charge < -0.3 is 10.4 Å². The van der Waals surface area contributed by atoms with Gasteiger partial charge in [0.25, 0.3) is 5.91 Å². The summed E-state index contributed by atoms with van der Waals surface area (Å²) < 4.78 is 22.8. The highest BCUT2D eigenvalue weighted by Crippen LogP contribution is 2.19. The maximum absolute atomic E-state index is 11.9. The van der Waals surface area contributed by atoms with Gasteiger partial charge in [-0.15, -0.1) is 0 Å². The lowest BCUT2D eigenvalue weighted by molar-refractivity contribution is -0.133. The van der Waals surface area contributed by atoms with Crippen molar-refractivity contribution in [2.45, 2.75) is 25.7 Å². The molecule has 0 saturated carbocycles. The molecule has 8 heteroatoms. The Labute approximate surface area is 122 Å². The summed E-state index contributed by atoms with van der Waals surface area (Å²) in [5.74, 6) is -1.82. The Morgan fingerprint density at radius 3 is 2.24 bits per heavy atom. The fourth-order valence-electron chi connectivity index (χ4n) is 1.54. The minimum Gasteiger partial charge on any atom is -0.478 e. The summed E-state index contributed by atoms with van der Waals surface area (Å²) in [6, 6.07) is 4.23. The van der Waals surface area contributed by atoms with E-state index in [1.54, 1.807) is 6.92 Å². The second-order valence-electron chi connectivity index (χ2n) is 4.53. The molecule has 1 aromatic rings. The van der Waals surface area contributed by atoms with Gasteiger partial charge in [-0.25, -0.2) is 18.4 Å². The van der Waals surface area contributed by atoms with Crippen LogP contribution in [0.4, 0.5) is 5.69 Å². The highest BCUT2D eigenvalue weighted by atomic mass is 32.2. The van der Waals surface area contributed by atoms with Crippen LogP contribution in [0.25, 0.3) is 0 Å². The highest BCUT2D eigenvalue weighted by Gasteiger charge is 2.15. The van der Waals surface area contributed by atoms with E-state index in [1.807, 2.05) is 0 Å². The van der Waals surface area contributed by atoms with Crippen LogP contribution in [0.3, 0.4) is 0 Å². The van der Waals surface area contributed by atoms with Crippen LogP contribution in [-0.4, -0.2) is 25.4 Å². The lowest BCUT2D eigenvalue weighted by Crippen LogP contribution is -2.18. The van der Waals surface area contributed by atoms with Gasteiger partial charge >= 0.3 is 5.97 Å². The lowest BCUT2D eigenvalue weighted by Gasteiger charge is -2.10. The van der Waals surface area contributed by atoms with E-state index in [-0.39, 0.29) is 21.7 Å². The van der Waals surface area contributed by atoms with Gasteiger partial charge in [-0.3, -0.25) is 4.79 Å². The van der Waals surface area contributed by atoms with Crippen molar-refractivity contribution in [1.29, 1.82) is 0 Å². The molecular formula is C13H16N2O5S. The lowest BCUT2D eigenvalue weighted by atomic mass is 10.1. The van der Waals surface area contributed by atoms with Gasteiger partial charge in [0.2, 0.25) is 10.0 Å². The molecular weight excluding hydrogens is 296 g/mol. The SMILES string of the molecule is CC(C(=O)O)=C(C)C(=O)Nc1ccc(C)c(S(N)(=O)=O)c1. The smallest absolute Gasteiger partial charge is 0.331 e. The van der Waals surface area contributed by atoms with Crippen molar-refractivity contribution in [2.75, 3.05) is 5.32 Å². The molecule has 0 saturated heterocycles. The Balaban J connectivity index is 3.14. The molecule has 1 rings (SSSR count). The van der Waals surface area contributed by atoms with Crippen molar-refractivity contribution in [2.24, 2.45) is 5.14 Å². The summed E-state index contributed by atoms with van der Waals surface area (Å²) in [6.45, 7) is 4.25. The number of rotatable bonds is 4. The van der Waals surface area contributed by atoms with Crippen molar-refractivity contribution >= 4 is 27.6 Å². The number of aliphatic carboxylic acids is 1. The van der Waals surface area contributed by atoms with Crippen LogP contribution in [0.2, 0.25) is 0 Å². The number of amides is 1. The topological polar surface area (TPSA) is 127 Å². The molecule has 0 aromatic heterocycles. The molecule has 114 valence electrons. The number of carboxylic acid groups (broad SMARTS) is 1. The van der Waals surface area contributed by atoms with Gasteiger partial charge in [0, 0.05) is 16.8 Å². The van der Waals surface area contributed by atoms with Gasteiger partial charge in [-0.05, 0) is 38.5 Å². The number of hydrogen-bond donors (Lipinski definition) is 3. The number of nitrogens with two attached hydrogens (primary N) is 1. The Hall–Kier alpha value is -2.19. The number of aryl methyl sites for hydroxylation is 1. The molecule has 0 heterocycles. The summed E-state index contributed by atoms with van der Waals surface area (Å²) in [5, 5.41) is 16.3. The minimum absolute atomic E-state index is 0.0280. The molecule has 7 nitrogen and oxygen atoms in total. The van der Waals surface area contributed by atoms with Crippen LogP contribution in [0, 0.1) is 6.92 Å². The molecule has 21 heavy (non-hydrogen) atoms. The molecule has 0 aliphatic rings. The average molecular weight is 312 g/mol. The number of sulfonamides is 1. The van der Waals surface area contributed by atoms with Gasteiger partial charge in [-0.2, -0.15) is 0 Å². The summed E-state index contributed by atoms with van der Waals surface area (Å²) in [7, 11) is -3.90. The minimum atomic E-state index is -3.90. The Morgan fingerprint density at radius 2 is 1.76 bits per heavy atom. The molecule has 0 unspecified atom stereocenters. The molecule has 0 bridgehead atoms.